The van der Waals surface area contributed by atoms with Crippen LogP contribution in [0.5, 0.6) is 5.88 Å². The summed E-state index contributed by atoms with van der Waals surface area (Å²) < 4.78 is 5.51. The Labute approximate surface area is 108 Å². The second-order valence-corrected chi connectivity index (χ2v) is 4.97. The van der Waals surface area contributed by atoms with Crippen LogP contribution >= 0.6 is 0 Å². The summed E-state index contributed by atoms with van der Waals surface area (Å²) in [6, 6.07) is 4.07. The monoisotopic (exact) mass is 248 g/mol. The lowest BCUT2D eigenvalue weighted by Gasteiger charge is -2.23. The average molecular weight is 248 g/mol. The summed E-state index contributed by atoms with van der Waals surface area (Å²) in [6.07, 6.45) is 4.03. The molecule has 0 spiro atoms. The zero-order valence-electron chi connectivity index (χ0n) is 11.2. The first-order valence-corrected chi connectivity index (χ1v) is 6.47. The molecule has 1 aliphatic heterocycles. The Hall–Kier alpha value is -1.58. The second kappa shape index (κ2) is 5.38. The second-order valence-electron chi connectivity index (χ2n) is 4.97. The van der Waals surface area contributed by atoms with Crippen molar-refractivity contribution in [3.63, 3.8) is 0 Å². The van der Waals surface area contributed by atoms with Gasteiger partial charge in [-0.25, -0.2) is 4.98 Å². The summed E-state index contributed by atoms with van der Waals surface area (Å²) in [5, 5.41) is 0. The minimum absolute atomic E-state index is 0.128. The fraction of sp³-hybridized carbons (Fsp3) is 0.571. The molecule has 1 amide bonds. The predicted octanol–water partition coefficient (Wildman–Crippen LogP) is 2.55. The molecule has 4 nitrogen and oxygen atoms in total. The van der Waals surface area contributed by atoms with Gasteiger partial charge in [-0.15, -0.1) is 0 Å². The maximum Gasteiger partial charge on any atom is 0.219 e. The Morgan fingerprint density at radius 3 is 2.83 bits per heavy atom. The van der Waals surface area contributed by atoms with Gasteiger partial charge in [-0.2, -0.15) is 0 Å². The van der Waals surface area contributed by atoms with Crippen molar-refractivity contribution >= 4 is 5.91 Å². The molecule has 2 heterocycles. The summed E-state index contributed by atoms with van der Waals surface area (Å²) in [4.78, 5) is 17.7. The number of hydrogen-bond donors (Lipinski definition) is 0. The van der Waals surface area contributed by atoms with Gasteiger partial charge in [0.1, 0.15) is 0 Å². The van der Waals surface area contributed by atoms with Crippen LogP contribution in [0, 0.1) is 0 Å². The SMILES string of the molecule is CC(=O)N1CCCC1c1ccc(OC(C)C)nc1. The van der Waals surface area contributed by atoms with Crippen molar-refractivity contribution < 1.29 is 9.53 Å². The van der Waals surface area contributed by atoms with Gasteiger partial charge in [-0.3, -0.25) is 4.79 Å². The van der Waals surface area contributed by atoms with Crippen LogP contribution in [0.2, 0.25) is 0 Å². The van der Waals surface area contributed by atoms with Gasteiger partial charge in [0.15, 0.2) is 0 Å². The van der Waals surface area contributed by atoms with Crippen LogP contribution in [0.3, 0.4) is 0 Å². The van der Waals surface area contributed by atoms with E-state index in [2.05, 4.69) is 4.98 Å². The molecule has 1 fully saturated rings. The molecule has 0 N–H and O–H groups in total. The van der Waals surface area contributed by atoms with Crippen molar-refractivity contribution in [3.8, 4) is 5.88 Å². The van der Waals surface area contributed by atoms with E-state index in [9.17, 15) is 4.79 Å². The third-order valence-electron chi connectivity index (χ3n) is 3.16. The summed E-state index contributed by atoms with van der Waals surface area (Å²) in [5.74, 6) is 0.779. The Morgan fingerprint density at radius 1 is 1.50 bits per heavy atom. The van der Waals surface area contributed by atoms with Crippen molar-refractivity contribution in [2.45, 2.75) is 45.8 Å². The topological polar surface area (TPSA) is 42.4 Å². The van der Waals surface area contributed by atoms with Crippen LogP contribution in [0.1, 0.15) is 45.2 Å². The number of hydrogen-bond acceptors (Lipinski definition) is 3. The highest BCUT2D eigenvalue weighted by Crippen LogP contribution is 2.31. The lowest BCUT2D eigenvalue weighted by atomic mass is 10.1. The van der Waals surface area contributed by atoms with E-state index in [-0.39, 0.29) is 18.1 Å². The van der Waals surface area contributed by atoms with Crippen LogP contribution < -0.4 is 4.74 Å². The number of pyridine rings is 1. The zero-order valence-corrected chi connectivity index (χ0v) is 11.2. The number of carbonyl (C=O) groups is 1. The Kier molecular flexibility index (Phi) is 3.84. The Bertz CT molecular complexity index is 414. The molecule has 0 aliphatic carbocycles. The van der Waals surface area contributed by atoms with Crippen LogP contribution in [0.15, 0.2) is 18.3 Å². The first-order chi connectivity index (χ1) is 8.58. The van der Waals surface area contributed by atoms with Gasteiger partial charge in [0.05, 0.1) is 12.1 Å². The van der Waals surface area contributed by atoms with Gasteiger partial charge in [-0.1, -0.05) is 6.07 Å². The maximum atomic E-state index is 11.5. The van der Waals surface area contributed by atoms with E-state index < -0.39 is 0 Å². The Morgan fingerprint density at radius 2 is 2.28 bits per heavy atom. The number of aromatic nitrogens is 1. The fourth-order valence-corrected chi connectivity index (χ4v) is 2.39. The number of nitrogens with zero attached hydrogens (tertiary/aromatic N) is 2. The molecule has 1 unspecified atom stereocenters. The standard InChI is InChI=1S/C14H20N2O2/c1-10(2)18-14-7-6-12(9-15-14)13-5-4-8-16(13)11(3)17/h6-7,9-10,13H,4-5,8H2,1-3H3. The molecular formula is C14H20N2O2. The van der Waals surface area contributed by atoms with Crippen molar-refractivity contribution in [3.05, 3.63) is 23.9 Å². The third kappa shape index (κ3) is 2.81. The normalized spacial score (nSPS) is 19.3. The summed E-state index contributed by atoms with van der Waals surface area (Å²) >= 11 is 0. The number of rotatable bonds is 3. The molecule has 1 saturated heterocycles. The van der Waals surface area contributed by atoms with Crippen LogP contribution in [0.25, 0.3) is 0 Å². The molecule has 18 heavy (non-hydrogen) atoms. The van der Waals surface area contributed by atoms with Gasteiger partial charge in [0.25, 0.3) is 0 Å². The maximum absolute atomic E-state index is 11.5. The molecule has 1 aromatic rings. The van der Waals surface area contributed by atoms with Crippen molar-refractivity contribution in [1.82, 2.24) is 9.88 Å². The number of likely N-dealkylation sites (tertiary alicyclic amines) is 1. The van der Waals surface area contributed by atoms with E-state index >= 15 is 0 Å². The first-order valence-electron chi connectivity index (χ1n) is 6.47. The van der Waals surface area contributed by atoms with Crippen molar-refractivity contribution in [1.29, 1.82) is 0 Å². The van der Waals surface area contributed by atoms with E-state index in [4.69, 9.17) is 4.74 Å². The quantitative estimate of drug-likeness (QED) is 0.825. The summed E-state index contributed by atoms with van der Waals surface area (Å²) in [7, 11) is 0. The number of ether oxygens (including phenoxy) is 1. The van der Waals surface area contributed by atoms with Crippen molar-refractivity contribution in [2.24, 2.45) is 0 Å². The third-order valence-corrected chi connectivity index (χ3v) is 3.16. The van der Waals surface area contributed by atoms with Gasteiger partial charge in [-0.05, 0) is 32.3 Å². The van der Waals surface area contributed by atoms with Crippen LogP contribution in [-0.4, -0.2) is 28.4 Å². The van der Waals surface area contributed by atoms with E-state index in [1.807, 2.05) is 37.1 Å². The molecule has 4 heteroatoms. The van der Waals surface area contributed by atoms with E-state index in [1.165, 1.54) is 0 Å². The lowest BCUT2D eigenvalue weighted by Crippen LogP contribution is -2.28. The van der Waals surface area contributed by atoms with E-state index in [0.29, 0.717) is 5.88 Å². The molecular weight excluding hydrogens is 228 g/mol. The van der Waals surface area contributed by atoms with E-state index in [1.54, 1.807) is 6.92 Å². The average Bonchev–Trinajstić information content (AvgIpc) is 2.78. The minimum Gasteiger partial charge on any atom is -0.475 e. The number of carbonyl (C=O) groups excluding carboxylic acids is 1. The van der Waals surface area contributed by atoms with Gasteiger partial charge >= 0.3 is 0 Å². The molecule has 1 aliphatic rings. The highest BCUT2D eigenvalue weighted by atomic mass is 16.5. The van der Waals surface area contributed by atoms with E-state index in [0.717, 1.165) is 24.9 Å². The largest absolute Gasteiger partial charge is 0.475 e. The van der Waals surface area contributed by atoms with Gasteiger partial charge < -0.3 is 9.64 Å². The lowest BCUT2D eigenvalue weighted by molar-refractivity contribution is -0.129. The fourth-order valence-electron chi connectivity index (χ4n) is 2.39. The zero-order chi connectivity index (χ0) is 13.1. The molecule has 1 aromatic heterocycles. The minimum atomic E-state index is 0.128. The Balaban J connectivity index is 2.11. The highest BCUT2D eigenvalue weighted by Gasteiger charge is 2.27. The van der Waals surface area contributed by atoms with Crippen LogP contribution in [0.4, 0.5) is 0 Å². The van der Waals surface area contributed by atoms with Crippen LogP contribution in [-0.2, 0) is 4.79 Å². The first kappa shape index (κ1) is 12.9. The highest BCUT2D eigenvalue weighted by molar-refractivity contribution is 5.74. The smallest absolute Gasteiger partial charge is 0.219 e. The molecule has 0 radical (unpaired) electrons. The molecule has 2 rings (SSSR count). The summed E-state index contributed by atoms with van der Waals surface area (Å²) in [6.45, 7) is 6.43. The molecule has 1 atom stereocenters. The molecule has 0 saturated carbocycles. The molecule has 0 aromatic carbocycles. The predicted molar refractivity (Wildman–Crippen MR) is 69.4 cm³/mol. The molecule has 98 valence electrons. The van der Waals surface area contributed by atoms with Gasteiger partial charge in [0.2, 0.25) is 11.8 Å². The van der Waals surface area contributed by atoms with Crippen molar-refractivity contribution in [2.75, 3.05) is 6.54 Å². The summed E-state index contributed by atoms with van der Waals surface area (Å²) in [5.41, 5.74) is 1.10. The molecule has 0 bridgehead atoms. The number of amides is 1. The van der Waals surface area contributed by atoms with Gasteiger partial charge in [0, 0.05) is 25.7 Å².